The fourth-order valence-electron chi connectivity index (χ4n) is 3.53. The molecule has 0 aromatic carbocycles. The predicted molar refractivity (Wildman–Crippen MR) is 104 cm³/mol. The number of fused-ring (bicyclic) bond motifs is 1. The lowest BCUT2D eigenvalue weighted by molar-refractivity contribution is -0.137. The van der Waals surface area contributed by atoms with E-state index in [0.717, 1.165) is 29.7 Å². The average molecular weight is 480 g/mol. The van der Waals surface area contributed by atoms with Gasteiger partial charge in [0.15, 0.2) is 5.01 Å². The van der Waals surface area contributed by atoms with E-state index in [-0.39, 0.29) is 39.0 Å². The maximum Gasteiger partial charge on any atom is 0.416 e. The van der Waals surface area contributed by atoms with E-state index >= 15 is 0 Å². The molecule has 3 heterocycles. The summed E-state index contributed by atoms with van der Waals surface area (Å²) in [5.74, 6) is -4.04. The van der Waals surface area contributed by atoms with Crippen LogP contribution in [0.2, 0.25) is 4.34 Å². The van der Waals surface area contributed by atoms with Crippen molar-refractivity contribution in [1.29, 1.82) is 0 Å². The largest absolute Gasteiger partial charge is 0.416 e. The van der Waals surface area contributed by atoms with Gasteiger partial charge in [0, 0.05) is 24.2 Å². The fraction of sp³-hybridized carbons (Fsp3) is 0.389. The molecule has 6 nitrogen and oxygen atoms in total. The summed E-state index contributed by atoms with van der Waals surface area (Å²) in [6.45, 7) is 0. The summed E-state index contributed by atoms with van der Waals surface area (Å²) in [6.07, 6.45) is -1.95. The summed E-state index contributed by atoms with van der Waals surface area (Å²) in [6, 6.07) is -0.702. The smallest absolute Gasteiger partial charge is 0.340 e. The average Bonchev–Trinajstić information content (AvgIpc) is 3.26. The zero-order valence-electron chi connectivity index (χ0n) is 15.6. The maximum atomic E-state index is 14.2. The minimum atomic E-state index is -4.57. The van der Waals surface area contributed by atoms with E-state index in [2.05, 4.69) is 15.4 Å². The van der Waals surface area contributed by atoms with Gasteiger partial charge in [0.2, 0.25) is 0 Å². The third kappa shape index (κ3) is 4.11. The van der Waals surface area contributed by atoms with Crippen molar-refractivity contribution in [2.75, 3.05) is 0 Å². The van der Waals surface area contributed by atoms with E-state index in [0.29, 0.717) is 6.42 Å². The molecule has 31 heavy (non-hydrogen) atoms. The second-order valence-electron chi connectivity index (χ2n) is 7.21. The summed E-state index contributed by atoms with van der Waals surface area (Å²) in [7, 11) is 0. The first kappa shape index (κ1) is 21.9. The third-order valence-corrected chi connectivity index (χ3v) is 6.35. The molecule has 3 aromatic rings. The van der Waals surface area contributed by atoms with Crippen molar-refractivity contribution in [3.63, 3.8) is 0 Å². The molecular formula is C18H15ClF5N5OS. The highest BCUT2D eigenvalue weighted by Gasteiger charge is 2.46. The number of nitrogens with zero attached hydrogens (tertiary/aromatic N) is 3. The number of amides is 1. The summed E-state index contributed by atoms with van der Waals surface area (Å²) < 4.78 is 68.8. The minimum Gasteiger partial charge on any atom is -0.340 e. The molecule has 1 aliphatic rings. The van der Waals surface area contributed by atoms with E-state index in [9.17, 15) is 26.7 Å². The Bertz CT molecular complexity index is 1140. The molecule has 1 saturated carbocycles. The summed E-state index contributed by atoms with van der Waals surface area (Å²) in [4.78, 5) is 16.6. The fourth-order valence-corrected chi connectivity index (χ4v) is 4.60. The highest BCUT2D eigenvalue weighted by Crippen LogP contribution is 2.38. The Kier molecular flexibility index (Phi) is 5.42. The number of carbonyl (C=O) groups is 1. The van der Waals surface area contributed by atoms with Gasteiger partial charge in [-0.05, 0) is 25.0 Å². The molecule has 13 heteroatoms. The molecule has 2 atom stereocenters. The molecule has 0 saturated heterocycles. The van der Waals surface area contributed by atoms with Gasteiger partial charge in [-0.15, -0.1) is 0 Å². The van der Waals surface area contributed by atoms with E-state index in [1.54, 1.807) is 0 Å². The highest BCUT2D eigenvalue weighted by molar-refractivity contribution is 7.18. The van der Waals surface area contributed by atoms with Crippen molar-refractivity contribution in [2.24, 2.45) is 5.73 Å². The number of alkyl halides is 5. The quantitative estimate of drug-likeness (QED) is 0.546. The maximum absolute atomic E-state index is 14.2. The Labute approximate surface area is 181 Å². The van der Waals surface area contributed by atoms with Crippen LogP contribution in [0.4, 0.5) is 22.0 Å². The Hall–Kier alpha value is -2.31. The number of thiazole rings is 1. The van der Waals surface area contributed by atoms with Gasteiger partial charge in [0.25, 0.3) is 11.8 Å². The zero-order valence-corrected chi connectivity index (χ0v) is 17.2. The molecule has 4 rings (SSSR count). The highest BCUT2D eigenvalue weighted by atomic mass is 35.5. The lowest BCUT2D eigenvalue weighted by Crippen LogP contribution is -2.59. The molecule has 1 amide bonds. The molecule has 3 N–H and O–H groups in total. The van der Waals surface area contributed by atoms with Gasteiger partial charge in [0.1, 0.15) is 16.1 Å². The predicted octanol–water partition coefficient (Wildman–Crippen LogP) is 4.37. The van der Waals surface area contributed by atoms with Crippen LogP contribution >= 0.6 is 22.9 Å². The number of hydrogen-bond acceptors (Lipinski definition) is 5. The molecule has 166 valence electrons. The van der Waals surface area contributed by atoms with Crippen molar-refractivity contribution >= 4 is 34.4 Å². The number of nitrogens with two attached hydrogens (primary N) is 1. The Balaban J connectivity index is 1.66. The molecule has 0 aliphatic heterocycles. The molecule has 0 unspecified atom stereocenters. The van der Waals surface area contributed by atoms with Crippen LogP contribution in [0.3, 0.4) is 0 Å². The van der Waals surface area contributed by atoms with Crippen molar-refractivity contribution in [1.82, 2.24) is 19.9 Å². The Morgan fingerprint density at radius 3 is 2.81 bits per heavy atom. The SMILES string of the molecule is N[C@H]1CCCC(F)(F)[C@@H]1NC(=O)c1nc(-c2cnn3ccc(C(F)(F)F)cc23)c(Cl)s1. The van der Waals surface area contributed by atoms with Crippen LogP contribution in [-0.2, 0) is 6.18 Å². The van der Waals surface area contributed by atoms with Crippen LogP contribution in [-0.4, -0.2) is 38.5 Å². The van der Waals surface area contributed by atoms with Crippen LogP contribution in [0.15, 0.2) is 24.5 Å². The second kappa shape index (κ2) is 7.68. The van der Waals surface area contributed by atoms with Gasteiger partial charge in [-0.1, -0.05) is 22.9 Å². The molecular weight excluding hydrogens is 465 g/mol. The number of aromatic nitrogens is 3. The standard InChI is InChI=1S/C18H15ClF5N5OS/c19-14-12(9-7-26-29-5-3-8(6-11(9)29)18(22,23)24)27-16(31-14)15(30)28-13-10(25)2-1-4-17(13,20)21/h3,5-7,10,13H,1-2,4,25H2,(H,28,30)/t10-,13+/m0/s1. The van der Waals surface area contributed by atoms with E-state index in [1.165, 1.54) is 10.7 Å². The van der Waals surface area contributed by atoms with Crippen LogP contribution < -0.4 is 11.1 Å². The third-order valence-electron chi connectivity index (χ3n) is 5.10. The number of nitrogens with one attached hydrogen (secondary N) is 1. The first-order chi connectivity index (χ1) is 14.5. The normalized spacial score (nSPS) is 21.4. The van der Waals surface area contributed by atoms with Crippen LogP contribution in [0.1, 0.15) is 34.6 Å². The minimum absolute atomic E-state index is 0.0113. The van der Waals surface area contributed by atoms with Crippen LogP contribution in [0, 0.1) is 0 Å². The second-order valence-corrected chi connectivity index (χ2v) is 8.81. The van der Waals surface area contributed by atoms with Gasteiger partial charge in [-0.3, -0.25) is 4.79 Å². The monoisotopic (exact) mass is 479 g/mol. The number of rotatable bonds is 3. The summed E-state index contributed by atoms with van der Waals surface area (Å²) in [5.41, 5.74) is 5.16. The van der Waals surface area contributed by atoms with Gasteiger partial charge in [-0.25, -0.2) is 18.3 Å². The number of pyridine rings is 1. The van der Waals surface area contributed by atoms with Crippen LogP contribution in [0.25, 0.3) is 16.8 Å². The van der Waals surface area contributed by atoms with E-state index in [1.807, 2.05) is 0 Å². The Morgan fingerprint density at radius 2 is 2.13 bits per heavy atom. The van der Waals surface area contributed by atoms with Gasteiger partial charge in [-0.2, -0.15) is 18.3 Å². The van der Waals surface area contributed by atoms with Crippen molar-refractivity contribution < 1.29 is 26.7 Å². The number of carbonyl (C=O) groups excluding carboxylic acids is 1. The van der Waals surface area contributed by atoms with E-state index in [4.69, 9.17) is 17.3 Å². The molecule has 0 radical (unpaired) electrons. The lowest BCUT2D eigenvalue weighted by Gasteiger charge is -2.36. The lowest BCUT2D eigenvalue weighted by atomic mass is 9.87. The molecule has 1 fully saturated rings. The van der Waals surface area contributed by atoms with Crippen molar-refractivity contribution in [3.05, 3.63) is 39.4 Å². The molecule has 3 aromatic heterocycles. The zero-order chi connectivity index (χ0) is 22.6. The number of hydrogen-bond donors (Lipinski definition) is 2. The van der Waals surface area contributed by atoms with Crippen molar-refractivity contribution in [2.45, 2.75) is 43.4 Å². The topological polar surface area (TPSA) is 85.3 Å². The first-order valence-electron chi connectivity index (χ1n) is 9.13. The van der Waals surface area contributed by atoms with E-state index < -0.39 is 35.7 Å². The number of halogens is 6. The van der Waals surface area contributed by atoms with Crippen LogP contribution in [0.5, 0.6) is 0 Å². The van der Waals surface area contributed by atoms with Crippen molar-refractivity contribution in [3.8, 4) is 11.3 Å². The first-order valence-corrected chi connectivity index (χ1v) is 10.3. The van der Waals surface area contributed by atoms with Gasteiger partial charge < -0.3 is 11.1 Å². The summed E-state index contributed by atoms with van der Waals surface area (Å²) in [5, 5.41) is 6.00. The van der Waals surface area contributed by atoms with Gasteiger partial charge in [0.05, 0.1) is 17.3 Å². The molecule has 0 bridgehead atoms. The van der Waals surface area contributed by atoms with Gasteiger partial charge >= 0.3 is 6.18 Å². The Morgan fingerprint density at radius 1 is 1.39 bits per heavy atom. The molecule has 0 spiro atoms. The summed E-state index contributed by atoms with van der Waals surface area (Å²) >= 11 is 6.91. The molecule has 1 aliphatic carbocycles.